The molecule has 142 valence electrons. The van der Waals surface area contributed by atoms with Gasteiger partial charge in [-0.1, -0.05) is 0 Å². The first-order valence-corrected chi connectivity index (χ1v) is 9.06. The predicted octanol–water partition coefficient (Wildman–Crippen LogP) is 2.48. The molecule has 1 aromatic carbocycles. The smallest absolute Gasteiger partial charge is 0.317 e. The molecule has 27 heavy (non-hydrogen) atoms. The first-order chi connectivity index (χ1) is 13.0. The second-order valence-corrected chi connectivity index (χ2v) is 6.96. The number of aromatic nitrogens is 5. The molecule has 3 aromatic rings. The third kappa shape index (κ3) is 3.49. The van der Waals surface area contributed by atoms with Crippen molar-refractivity contribution in [2.24, 2.45) is 7.05 Å². The van der Waals surface area contributed by atoms with Gasteiger partial charge in [0.1, 0.15) is 23.8 Å². The number of benzene rings is 1. The van der Waals surface area contributed by atoms with Crippen LogP contribution in [0.4, 0.5) is 9.18 Å². The third-order valence-electron chi connectivity index (χ3n) is 5.10. The Morgan fingerprint density at radius 1 is 1.37 bits per heavy atom. The van der Waals surface area contributed by atoms with Crippen LogP contribution >= 0.6 is 0 Å². The Balaban J connectivity index is 1.36. The van der Waals surface area contributed by atoms with Crippen LogP contribution < -0.4 is 5.32 Å². The van der Waals surface area contributed by atoms with Crippen molar-refractivity contribution in [3.05, 3.63) is 42.0 Å². The lowest BCUT2D eigenvalue weighted by Crippen LogP contribution is -2.45. The topological polar surface area (TPSA) is 91.7 Å². The van der Waals surface area contributed by atoms with Gasteiger partial charge in [-0.05, 0) is 38.0 Å². The predicted molar refractivity (Wildman–Crippen MR) is 97.5 cm³/mol. The molecule has 2 N–H and O–H groups in total. The maximum Gasteiger partial charge on any atom is 0.317 e. The normalized spacial score (nSPS) is 16.6. The number of H-pyrrole nitrogens is 1. The van der Waals surface area contributed by atoms with Gasteiger partial charge in [0.2, 0.25) is 0 Å². The quantitative estimate of drug-likeness (QED) is 0.740. The van der Waals surface area contributed by atoms with E-state index in [4.69, 9.17) is 0 Å². The summed E-state index contributed by atoms with van der Waals surface area (Å²) in [6.45, 7) is 3.18. The van der Waals surface area contributed by atoms with Crippen LogP contribution in [0.3, 0.4) is 0 Å². The molecule has 1 atom stereocenters. The molecule has 1 saturated heterocycles. The van der Waals surface area contributed by atoms with Gasteiger partial charge in [-0.15, -0.1) is 0 Å². The number of fused-ring (bicyclic) bond motifs is 1. The summed E-state index contributed by atoms with van der Waals surface area (Å²) in [5.41, 5.74) is 1.48. The molecular weight excluding hydrogens is 349 g/mol. The number of amides is 2. The van der Waals surface area contributed by atoms with Gasteiger partial charge < -0.3 is 15.2 Å². The Bertz CT molecular complexity index is 958. The maximum atomic E-state index is 13.4. The summed E-state index contributed by atoms with van der Waals surface area (Å²) in [5.74, 6) is 1.54. The van der Waals surface area contributed by atoms with E-state index in [-0.39, 0.29) is 23.8 Å². The van der Waals surface area contributed by atoms with Crippen LogP contribution in [0.25, 0.3) is 11.0 Å². The number of carbonyl (C=O) groups is 1. The van der Waals surface area contributed by atoms with Gasteiger partial charge in [0, 0.05) is 26.1 Å². The monoisotopic (exact) mass is 371 g/mol. The van der Waals surface area contributed by atoms with Crippen LogP contribution in [0.2, 0.25) is 0 Å². The van der Waals surface area contributed by atoms with E-state index < -0.39 is 0 Å². The van der Waals surface area contributed by atoms with Crippen LogP contribution in [-0.2, 0) is 7.05 Å². The Morgan fingerprint density at radius 2 is 2.15 bits per heavy atom. The lowest BCUT2D eigenvalue weighted by molar-refractivity contribution is 0.177. The zero-order chi connectivity index (χ0) is 19.0. The number of piperidine rings is 1. The summed E-state index contributed by atoms with van der Waals surface area (Å²) < 4.78 is 15.0. The van der Waals surface area contributed by atoms with Crippen LogP contribution in [0.5, 0.6) is 0 Å². The Kier molecular flexibility index (Phi) is 4.51. The number of imidazole rings is 1. The van der Waals surface area contributed by atoms with Gasteiger partial charge in [0.25, 0.3) is 0 Å². The number of nitrogens with zero attached hydrogens (tertiary/aromatic N) is 5. The average molecular weight is 371 g/mol. The number of hydrogen-bond donors (Lipinski definition) is 2. The highest BCUT2D eigenvalue weighted by Gasteiger charge is 2.27. The SMILES string of the molecule is C[C@H](NC(=O)N1CCC(c2nc3ccc(F)cc3[nH]2)CC1)c1ncnn1C. The number of urea groups is 1. The highest BCUT2D eigenvalue weighted by molar-refractivity contribution is 5.75. The fourth-order valence-corrected chi connectivity index (χ4v) is 3.59. The van der Waals surface area contributed by atoms with E-state index in [0.29, 0.717) is 24.4 Å². The second kappa shape index (κ2) is 6.98. The molecule has 0 bridgehead atoms. The summed E-state index contributed by atoms with van der Waals surface area (Å²) in [5, 5.41) is 7.00. The molecule has 4 rings (SSSR count). The maximum absolute atomic E-state index is 13.4. The number of halogens is 1. The molecule has 0 unspecified atom stereocenters. The number of likely N-dealkylation sites (tertiary alicyclic amines) is 1. The van der Waals surface area contributed by atoms with Gasteiger partial charge >= 0.3 is 6.03 Å². The Hall–Kier alpha value is -2.97. The number of aryl methyl sites for hydroxylation is 1. The summed E-state index contributed by atoms with van der Waals surface area (Å²) >= 11 is 0. The molecule has 0 saturated carbocycles. The first kappa shape index (κ1) is 17.4. The minimum atomic E-state index is -0.277. The zero-order valence-corrected chi connectivity index (χ0v) is 15.3. The van der Waals surface area contributed by atoms with Crippen LogP contribution in [-0.4, -0.2) is 48.8 Å². The first-order valence-electron chi connectivity index (χ1n) is 9.06. The van der Waals surface area contributed by atoms with Gasteiger partial charge in [-0.2, -0.15) is 5.10 Å². The summed E-state index contributed by atoms with van der Waals surface area (Å²) in [7, 11) is 1.80. The minimum Gasteiger partial charge on any atom is -0.342 e. The molecule has 2 amide bonds. The fourth-order valence-electron chi connectivity index (χ4n) is 3.59. The standard InChI is InChI=1S/C18H22FN7O/c1-11(17-20-10-21-25(17)2)22-18(27)26-7-5-12(6-8-26)16-23-14-4-3-13(19)9-15(14)24-16/h3-4,9-12H,5-8H2,1-2H3,(H,22,27)(H,23,24)/t11-/m0/s1. The third-order valence-corrected chi connectivity index (χ3v) is 5.10. The summed E-state index contributed by atoms with van der Waals surface area (Å²) in [6, 6.07) is 4.24. The molecule has 8 nitrogen and oxygen atoms in total. The van der Waals surface area contributed by atoms with Gasteiger partial charge in [-0.25, -0.2) is 19.2 Å². The molecule has 1 fully saturated rings. The Morgan fingerprint density at radius 3 is 2.85 bits per heavy atom. The van der Waals surface area contributed by atoms with E-state index in [1.165, 1.54) is 18.5 Å². The van der Waals surface area contributed by atoms with Crippen molar-refractivity contribution < 1.29 is 9.18 Å². The van der Waals surface area contributed by atoms with Crippen LogP contribution in [0.15, 0.2) is 24.5 Å². The van der Waals surface area contributed by atoms with E-state index in [1.807, 2.05) is 11.8 Å². The molecule has 1 aliphatic heterocycles. The molecule has 1 aliphatic rings. The van der Waals surface area contributed by atoms with Crippen molar-refractivity contribution in [1.29, 1.82) is 0 Å². The van der Waals surface area contributed by atoms with Crippen molar-refractivity contribution >= 4 is 17.1 Å². The molecule has 0 spiro atoms. The lowest BCUT2D eigenvalue weighted by Gasteiger charge is -2.32. The average Bonchev–Trinajstić information content (AvgIpc) is 3.27. The van der Waals surface area contributed by atoms with Crippen LogP contribution in [0, 0.1) is 5.82 Å². The number of hydrogen-bond acceptors (Lipinski definition) is 4. The van der Waals surface area contributed by atoms with Gasteiger partial charge in [-0.3, -0.25) is 4.68 Å². The zero-order valence-electron chi connectivity index (χ0n) is 15.3. The molecule has 9 heteroatoms. The second-order valence-electron chi connectivity index (χ2n) is 6.96. The van der Waals surface area contributed by atoms with Crippen molar-refractivity contribution in [3.8, 4) is 0 Å². The van der Waals surface area contributed by atoms with E-state index in [0.717, 1.165) is 24.2 Å². The largest absolute Gasteiger partial charge is 0.342 e. The number of carbonyl (C=O) groups excluding carboxylic acids is 1. The van der Waals surface area contributed by atoms with E-state index in [2.05, 4.69) is 25.4 Å². The molecule has 3 heterocycles. The van der Waals surface area contributed by atoms with Crippen molar-refractivity contribution in [2.45, 2.75) is 31.7 Å². The highest BCUT2D eigenvalue weighted by atomic mass is 19.1. The number of aromatic amines is 1. The number of nitrogens with one attached hydrogen (secondary N) is 2. The van der Waals surface area contributed by atoms with Crippen LogP contribution in [0.1, 0.15) is 43.4 Å². The van der Waals surface area contributed by atoms with Crippen molar-refractivity contribution in [2.75, 3.05) is 13.1 Å². The molecular formula is C18H22FN7O. The van der Waals surface area contributed by atoms with Gasteiger partial charge in [0.05, 0.1) is 17.1 Å². The summed E-state index contributed by atoms with van der Waals surface area (Å²) in [6.07, 6.45) is 3.10. The molecule has 0 radical (unpaired) electrons. The van der Waals surface area contributed by atoms with Crippen molar-refractivity contribution in [1.82, 2.24) is 34.9 Å². The van der Waals surface area contributed by atoms with E-state index >= 15 is 0 Å². The van der Waals surface area contributed by atoms with E-state index in [9.17, 15) is 9.18 Å². The summed E-state index contributed by atoms with van der Waals surface area (Å²) in [4.78, 5) is 26.3. The van der Waals surface area contributed by atoms with Crippen molar-refractivity contribution in [3.63, 3.8) is 0 Å². The lowest BCUT2D eigenvalue weighted by atomic mass is 9.96. The highest BCUT2D eigenvalue weighted by Crippen LogP contribution is 2.28. The van der Waals surface area contributed by atoms with Gasteiger partial charge in [0.15, 0.2) is 0 Å². The minimum absolute atomic E-state index is 0.101. The Labute approximate surface area is 155 Å². The molecule has 0 aliphatic carbocycles. The van der Waals surface area contributed by atoms with E-state index in [1.54, 1.807) is 17.8 Å². The molecule has 2 aromatic heterocycles. The number of rotatable bonds is 3. The fraction of sp³-hybridized carbons (Fsp3) is 0.444.